The molecule has 2 rings (SSSR count). The van der Waals surface area contributed by atoms with Crippen molar-refractivity contribution < 1.29 is 4.79 Å². The number of carbonyl (C=O) groups excluding carboxylic acids is 1. The number of amides is 1. The van der Waals surface area contributed by atoms with Gasteiger partial charge in [-0.15, -0.1) is 0 Å². The first kappa shape index (κ1) is 13.1. The van der Waals surface area contributed by atoms with E-state index in [0.29, 0.717) is 16.3 Å². The summed E-state index contributed by atoms with van der Waals surface area (Å²) in [6.07, 6.45) is 0. The van der Waals surface area contributed by atoms with Crippen molar-refractivity contribution in [2.45, 2.75) is 6.92 Å². The van der Waals surface area contributed by atoms with E-state index in [1.165, 1.54) is 0 Å². The number of anilines is 1. The molecular formula is C14H11BrClNO. The van der Waals surface area contributed by atoms with Crippen molar-refractivity contribution >= 4 is 39.1 Å². The molecule has 2 nitrogen and oxygen atoms in total. The van der Waals surface area contributed by atoms with E-state index >= 15 is 0 Å². The molecular weight excluding hydrogens is 314 g/mol. The summed E-state index contributed by atoms with van der Waals surface area (Å²) in [5, 5.41) is 3.43. The highest BCUT2D eigenvalue weighted by molar-refractivity contribution is 9.10. The number of rotatable bonds is 2. The van der Waals surface area contributed by atoms with Crippen LogP contribution in [-0.4, -0.2) is 5.91 Å². The van der Waals surface area contributed by atoms with Crippen molar-refractivity contribution in [3.8, 4) is 0 Å². The summed E-state index contributed by atoms with van der Waals surface area (Å²) in [6.45, 7) is 1.98. The fraction of sp³-hybridized carbons (Fsp3) is 0.0714. The van der Waals surface area contributed by atoms with Gasteiger partial charge in [0.25, 0.3) is 5.91 Å². The molecule has 18 heavy (non-hydrogen) atoms. The van der Waals surface area contributed by atoms with Crippen LogP contribution in [0.1, 0.15) is 15.9 Å². The highest BCUT2D eigenvalue weighted by Crippen LogP contribution is 2.25. The molecule has 0 radical (unpaired) electrons. The van der Waals surface area contributed by atoms with Gasteiger partial charge in [0.15, 0.2) is 0 Å². The lowest BCUT2D eigenvalue weighted by Crippen LogP contribution is -2.11. The summed E-state index contributed by atoms with van der Waals surface area (Å²) in [5.74, 6) is -0.135. The van der Waals surface area contributed by atoms with Gasteiger partial charge in [0.05, 0.1) is 5.02 Å². The van der Waals surface area contributed by atoms with Crippen molar-refractivity contribution in [3.63, 3.8) is 0 Å². The lowest BCUT2D eigenvalue weighted by molar-refractivity contribution is 0.102. The summed E-state index contributed by atoms with van der Waals surface area (Å²) < 4.78 is 0.755. The van der Waals surface area contributed by atoms with Crippen molar-refractivity contribution in [1.29, 1.82) is 0 Å². The van der Waals surface area contributed by atoms with Gasteiger partial charge in [-0.05, 0) is 53.2 Å². The van der Waals surface area contributed by atoms with E-state index in [2.05, 4.69) is 21.2 Å². The first-order valence-corrected chi connectivity index (χ1v) is 6.56. The number of nitrogens with one attached hydrogen (secondary N) is 1. The molecule has 0 heterocycles. The number of hydrogen-bond acceptors (Lipinski definition) is 1. The van der Waals surface area contributed by atoms with Crippen molar-refractivity contribution in [2.24, 2.45) is 0 Å². The smallest absolute Gasteiger partial charge is 0.255 e. The van der Waals surface area contributed by atoms with Gasteiger partial charge >= 0.3 is 0 Å². The van der Waals surface area contributed by atoms with Crippen LogP contribution >= 0.6 is 27.5 Å². The molecule has 92 valence electrons. The summed E-state index contributed by atoms with van der Waals surface area (Å²) in [4.78, 5) is 12.0. The third-order valence-electron chi connectivity index (χ3n) is 2.49. The molecule has 0 aliphatic carbocycles. The molecule has 0 saturated carbocycles. The Morgan fingerprint density at radius 1 is 1.17 bits per heavy atom. The Bertz CT molecular complexity index is 581. The number of halogens is 2. The third kappa shape index (κ3) is 3.12. The molecule has 1 amide bonds. The van der Waals surface area contributed by atoms with Gasteiger partial charge in [-0.1, -0.05) is 29.3 Å². The van der Waals surface area contributed by atoms with Gasteiger partial charge < -0.3 is 5.32 Å². The Hall–Kier alpha value is -1.32. The minimum Gasteiger partial charge on any atom is -0.322 e. The Morgan fingerprint density at radius 2 is 1.83 bits per heavy atom. The molecule has 0 saturated heterocycles. The van der Waals surface area contributed by atoms with Crippen LogP contribution in [0.4, 0.5) is 5.69 Å². The van der Waals surface area contributed by atoms with Crippen LogP contribution in [0, 0.1) is 6.92 Å². The van der Waals surface area contributed by atoms with Gasteiger partial charge in [0.1, 0.15) is 0 Å². The monoisotopic (exact) mass is 323 g/mol. The van der Waals surface area contributed by atoms with Crippen LogP contribution in [0.3, 0.4) is 0 Å². The number of aryl methyl sites for hydroxylation is 1. The van der Waals surface area contributed by atoms with E-state index in [-0.39, 0.29) is 5.91 Å². The maximum absolute atomic E-state index is 12.0. The number of benzene rings is 2. The van der Waals surface area contributed by atoms with Crippen LogP contribution in [0.5, 0.6) is 0 Å². The van der Waals surface area contributed by atoms with E-state index in [1.807, 2.05) is 19.1 Å². The lowest BCUT2D eigenvalue weighted by Gasteiger charge is -2.06. The van der Waals surface area contributed by atoms with Gasteiger partial charge in [0, 0.05) is 15.7 Å². The van der Waals surface area contributed by atoms with Gasteiger partial charge in [-0.25, -0.2) is 0 Å². The van der Waals surface area contributed by atoms with Crippen LogP contribution in [0.25, 0.3) is 0 Å². The predicted octanol–water partition coefficient (Wildman–Crippen LogP) is 4.66. The average Bonchev–Trinajstić information content (AvgIpc) is 2.34. The SMILES string of the molecule is Cc1ccc(C(=O)Nc2ccc(Cl)c(Br)c2)cc1. The summed E-state index contributed by atoms with van der Waals surface area (Å²) in [5.41, 5.74) is 2.46. The van der Waals surface area contributed by atoms with Crippen molar-refractivity contribution in [2.75, 3.05) is 5.32 Å². The van der Waals surface area contributed by atoms with Crippen LogP contribution in [0.2, 0.25) is 5.02 Å². The van der Waals surface area contributed by atoms with E-state index < -0.39 is 0 Å². The first-order valence-electron chi connectivity index (χ1n) is 5.39. The zero-order valence-corrected chi connectivity index (χ0v) is 12.0. The number of carbonyl (C=O) groups is 1. The van der Waals surface area contributed by atoms with E-state index in [4.69, 9.17) is 11.6 Å². The highest BCUT2D eigenvalue weighted by atomic mass is 79.9. The fourth-order valence-electron chi connectivity index (χ4n) is 1.48. The normalized spacial score (nSPS) is 10.2. The maximum atomic E-state index is 12.0. The van der Waals surface area contributed by atoms with Gasteiger partial charge in [-0.3, -0.25) is 4.79 Å². The summed E-state index contributed by atoms with van der Waals surface area (Å²) >= 11 is 9.21. The topological polar surface area (TPSA) is 29.1 Å². The Labute approximate surface area is 119 Å². The van der Waals surface area contributed by atoms with E-state index in [0.717, 1.165) is 10.0 Å². The maximum Gasteiger partial charge on any atom is 0.255 e. The second kappa shape index (κ2) is 5.55. The molecule has 0 spiro atoms. The lowest BCUT2D eigenvalue weighted by atomic mass is 10.1. The molecule has 0 bridgehead atoms. The molecule has 0 atom stereocenters. The standard InChI is InChI=1S/C14H11BrClNO/c1-9-2-4-10(5-3-9)14(18)17-11-6-7-13(16)12(15)8-11/h2-8H,1H3,(H,17,18). The Kier molecular flexibility index (Phi) is 4.04. The van der Waals surface area contributed by atoms with Crippen LogP contribution in [0.15, 0.2) is 46.9 Å². The first-order chi connectivity index (χ1) is 8.56. The second-order valence-corrected chi connectivity index (χ2v) is 5.21. The predicted molar refractivity (Wildman–Crippen MR) is 78.3 cm³/mol. The molecule has 2 aromatic rings. The summed E-state index contributed by atoms with van der Waals surface area (Å²) in [6, 6.07) is 12.7. The molecule has 0 aliphatic heterocycles. The van der Waals surface area contributed by atoms with E-state index in [9.17, 15) is 4.79 Å². The zero-order valence-electron chi connectivity index (χ0n) is 9.71. The number of hydrogen-bond donors (Lipinski definition) is 1. The molecule has 0 aromatic heterocycles. The van der Waals surface area contributed by atoms with Crippen molar-refractivity contribution in [1.82, 2.24) is 0 Å². The largest absolute Gasteiger partial charge is 0.322 e. The Morgan fingerprint density at radius 3 is 2.44 bits per heavy atom. The second-order valence-electron chi connectivity index (χ2n) is 3.95. The fourth-order valence-corrected chi connectivity index (χ4v) is 1.98. The van der Waals surface area contributed by atoms with Crippen LogP contribution in [-0.2, 0) is 0 Å². The third-order valence-corrected chi connectivity index (χ3v) is 3.71. The quantitative estimate of drug-likeness (QED) is 0.855. The zero-order chi connectivity index (χ0) is 13.1. The average molecular weight is 325 g/mol. The molecule has 4 heteroatoms. The molecule has 0 fully saturated rings. The van der Waals surface area contributed by atoms with E-state index in [1.54, 1.807) is 30.3 Å². The highest BCUT2D eigenvalue weighted by Gasteiger charge is 2.06. The van der Waals surface area contributed by atoms with Gasteiger partial charge in [-0.2, -0.15) is 0 Å². The van der Waals surface area contributed by atoms with Crippen LogP contribution < -0.4 is 5.32 Å². The molecule has 0 unspecified atom stereocenters. The molecule has 2 aromatic carbocycles. The van der Waals surface area contributed by atoms with Crippen molar-refractivity contribution in [3.05, 3.63) is 63.1 Å². The Balaban J connectivity index is 2.16. The minimum atomic E-state index is -0.135. The minimum absolute atomic E-state index is 0.135. The molecule has 1 N–H and O–H groups in total. The molecule has 0 aliphatic rings. The summed E-state index contributed by atoms with van der Waals surface area (Å²) in [7, 11) is 0. The van der Waals surface area contributed by atoms with Gasteiger partial charge in [0.2, 0.25) is 0 Å².